The first-order valence-corrected chi connectivity index (χ1v) is 8.86. The summed E-state index contributed by atoms with van der Waals surface area (Å²) in [6.07, 6.45) is 7.13. The molecule has 0 saturated heterocycles. The van der Waals surface area contributed by atoms with E-state index in [4.69, 9.17) is 23.2 Å². The largest absolute Gasteiger partial charge is 0.275 e. The molecule has 27 heavy (non-hydrogen) atoms. The second-order valence-corrected chi connectivity index (χ2v) is 7.00. The van der Waals surface area contributed by atoms with Crippen molar-refractivity contribution in [3.63, 3.8) is 0 Å². The van der Waals surface area contributed by atoms with E-state index in [-0.39, 0.29) is 5.82 Å². The topological polar surface area (TPSA) is 53.5 Å². The highest BCUT2D eigenvalue weighted by atomic mass is 35.5. The molecule has 0 bridgehead atoms. The molecule has 138 valence electrons. The summed E-state index contributed by atoms with van der Waals surface area (Å²) in [4.78, 5) is 0. The van der Waals surface area contributed by atoms with Crippen LogP contribution in [0.3, 0.4) is 0 Å². The molecule has 0 saturated carbocycles. The van der Waals surface area contributed by atoms with Gasteiger partial charge in [0.2, 0.25) is 0 Å². The van der Waals surface area contributed by atoms with E-state index in [9.17, 15) is 4.39 Å². The van der Waals surface area contributed by atoms with Crippen molar-refractivity contribution in [1.82, 2.24) is 29.3 Å². The zero-order chi connectivity index (χ0) is 19.1. The molecule has 4 aromatic rings. The van der Waals surface area contributed by atoms with Gasteiger partial charge in [0.05, 0.1) is 29.7 Å². The molecule has 0 radical (unpaired) electrons. The maximum Gasteiger partial charge on any atom is 0.124 e. The van der Waals surface area contributed by atoms with E-state index in [1.165, 1.54) is 12.1 Å². The Balaban J connectivity index is 1.86. The molecule has 0 fully saturated rings. The fraction of sp³-hybridized carbons (Fsp3) is 0.167. The molecule has 6 nitrogen and oxygen atoms in total. The molecule has 4 rings (SSSR count). The van der Waals surface area contributed by atoms with Crippen molar-refractivity contribution in [2.24, 2.45) is 14.1 Å². The standard InChI is InChI=1S/C18H15Cl2FN6/c1-25-8-12(6-22-25)17-16(20)18(13-7-23-26(2)9-13)27(24-17)10-11-3-4-14(21)5-15(11)19/h3-9H,10H2,1-2H3. The van der Waals surface area contributed by atoms with Crippen LogP contribution >= 0.6 is 23.2 Å². The van der Waals surface area contributed by atoms with Gasteiger partial charge in [0, 0.05) is 42.6 Å². The number of hydrogen-bond acceptors (Lipinski definition) is 3. The van der Waals surface area contributed by atoms with Gasteiger partial charge in [-0.05, 0) is 17.7 Å². The van der Waals surface area contributed by atoms with Crippen LogP contribution in [0.2, 0.25) is 10.0 Å². The first-order chi connectivity index (χ1) is 12.9. The molecule has 0 amide bonds. The minimum atomic E-state index is -0.384. The van der Waals surface area contributed by atoms with Crippen LogP contribution in [0.4, 0.5) is 4.39 Å². The van der Waals surface area contributed by atoms with Crippen molar-refractivity contribution in [2.75, 3.05) is 0 Å². The van der Waals surface area contributed by atoms with Gasteiger partial charge in [0.1, 0.15) is 11.5 Å². The lowest BCUT2D eigenvalue weighted by molar-refractivity contribution is 0.625. The fourth-order valence-corrected chi connectivity index (χ4v) is 3.49. The fourth-order valence-electron chi connectivity index (χ4n) is 2.91. The number of benzene rings is 1. The Morgan fingerprint density at radius 3 is 2.26 bits per heavy atom. The maximum absolute atomic E-state index is 13.4. The minimum Gasteiger partial charge on any atom is -0.275 e. The van der Waals surface area contributed by atoms with E-state index in [0.717, 1.165) is 16.7 Å². The Labute approximate surface area is 164 Å². The first kappa shape index (κ1) is 17.8. The second kappa shape index (κ2) is 6.83. The molecule has 0 aliphatic carbocycles. The summed E-state index contributed by atoms with van der Waals surface area (Å²) < 4.78 is 18.5. The van der Waals surface area contributed by atoms with Gasteiger partial charge < -0.3 is 0 Å². The Morgan fingerprint density at radius 1 is 1.00 bits per heavy atom. The lowest BCUT2D eigenvalue weighted by Crippen LogP contribution is -2.04. The van der Waals surface area contributed by atoms with Crippen LogP contribution in [-0.2, 0) is 20.6 Å². The minimum absolute atomic E-state index is 0.335. The van der Waals surface area contributed by atoms with Gasteiger partial charge in [-0.3, -0.25) is 14.0 Å². The molecular weight excluding hydrogens is 390 g/mol. The number of nitrogens with zero attached hydrogens (tertiary/aromatic N) is 6. The summed E-state index contributed by atoms with van der Waals surface area (Å²) in [6.45, 7) is 0.337. The van der Waals surface area contributed by atoms with E-state index >= 15 is 0 Å². The number of halogens is 3. The molecule has 0 N–H and O–H groups in total. The maximum atomic E-state index is 13.4. The smallest absolute Gasteiger partial charge is 0.124 e. The average molecular weight is 405 g/mol. The molecule has 3 heterocycles. The summed E-state index contributed by atoms with van der Waals surface area (Å²) in [5.41, 5.74) is 3.69. The number of aromatic nitrogens is 6. The zero-order valence-corrected chi connectivity index (χ0v) is 16.1. The predicted molar refractivity (Wildman–Crippen MR) is 102 cm³/mol. The number of hydrogen-bond donors (Lipinski definition) is 0. The van der Waals surface area contributed by atoms with Gasteiger partial charge >= 0.3 is 0 Å². The SMILES string of the molecule is Cn1cc(-c2nn(Cc3ccc(F)cc3Cl)c(-c3cnn(C)c3)c2Cl)cn1. The molecule has 0 aliphatic heterocycles. The molecule has 3 aromatic heterocycles. The lowest BCUT2D eigenvalue weighted by atomic mass is 10.2. The predicted octanol–water partition coefficient (Wildman–Crippen LogP) is 4.18. The van der Waals surface area contributed by atoms with E-state index in [0.29, 0.717) is 28.0 Å². The van der Waals surface area contributed by atoms with Crippen LogP contribution in [0.5, 0.6) is 0 Å². The summed E-state index contributed by atoms with van der Waals surface area (Å²) >= 11 is 12.9. The Bertz CT molecular complexity index is 1130. The van der Waals surface area contributed by atoms with Crippen molar-refractivity contribution in [3.05, 3.63) is 64.4 Å². The van der Waals surface area contributed by atoms with E-state index in [2.05, 4.69) is 15.3 Å². The third-order valence-electron chi connectivity index (χ3n) is 4.19. The molecule has 0 spiro atoms. The zero-order valence-electron chi connectivity index (χ0n) is 14.6. The molecule has 1 aromatic carbocycles. The van der Waals surface area contributed by atoms with Crippen LogP contribution in [0.15, 0.2) is 43.0 Å². The molecule has 0 atom stereocenters. The summed E-state index contributed by atoms with van der Waals surface area (Å²) in [7, 11) is 3.66. The first-order valence-electron chi connectivity index (χ1n) is 8.10. The van der Waals surface area contributed by atoms with Gasteiger partial charge in [0.25, 0.3) is 0 Å². The highest BCUT2D eigenvalue weighted by Crippen LogP contribution is 2.36. The normalized spacial score (nSPS) is 11.3. The quantitative estimate of drug-likeness (QED) is 0.512. The van der Waals surface area contributed by atoms with Crippen LogP contribution in [0, 0.1) is 5.82 Å². The van der Waals surface area contributed by atoms with Gasteiger partial charge in [-0.25, -0.2) is 4.39 Å². The molecular formula is C18H15Cl2FN6. The van der Waals surface area contributed by atoms with Gasteiger partial charge in [-0.15, -0.1) is 0 Å². The van der Waals surface area contributed by atoms with E-state index in [1.807, 2.05) is 26.5 Å². The molecule has 0 aliphatic rings. The number of aryl methyl sites for hydroxylation is 2. The Kier molecular flexibility index (Phi) is 4.49. The van der Waals surface area contributed by atoms with E-state index in [1.54, 1.807) is 32.5 Å². The third-order valence-corrected chi connectivity index (χ3v) is 4.90. The van der Waals surface area contributed by atoms with Crippen LogP contribution in [0.25, 0.3) is 22.5 Å². The summed E-state index contributed by atoms with van der Waals surface area (Å²) in [5, 5.41) is 13.9. The second-order valence-electron chi connectivity index (χ2n) is 6.21. The highest BCUT2D eigenvalue weighted by molar-refractivity contribution is 6.35. The van der Waals surface area contributed by atoms with Crippen molar-refractivity contribution in [1.29, 1.82) is 0 Å². The Hall–Kier alpha value is -2.64. The van der Waals surface area contributed by atoms with Crippen molar-refractivity contribution >= 4 is 23.2 Å². The molecule has 0 unspecified atom stereocenters. The van der Waals surface area contributed by atoms with Crippen molar-refractivity contribution in [2.45, 2.75) is 6.54 Å². The number of rotatable bonds is 4. The van der Waals surface area contributed by atoms with Crippen molar-refractivity contribution < 1.29 is 4.39 Å². The highest BCUT2D eigenvalue weighted by Gasteiger charge is 2.21. The van der Waals surface area contributed by atoms with Gasteiger partial charge in [-0.2, -0.15) is 15.3 Å². The van der Waals surface area contributed by atoms with E-state index < -0.39 is 0 Å². The Morgan fingerprint density at radius 2 is 1.67 bits per heavy atom. The van der Waals surface area contributed by atoms with Gasteiger partial charge in [0.15, 0.2) is 0 Å². The van der Waals surface area contributed by atoms with Crippen LogP contribution < -0.4 is 0 Å². The lowest BCUT2D eigenvalue weighted by Gasteiger charge is -2.08. The average Bonchev–Trinajstić information content (AvgIpc) is 3.30. The third kappa shape index (κ3) is 3.36. The van der Waals surface area contributed by atoms with Gasteiger partial charge in [-0.1, -0.05) is 29.3 Å². The van der Waals surface area contributed by atoms with Crippen LogP contribution in [-0.4, -0.2) is 29.3 Å². The monoisotopic (exact) mass is 404 g/mol. The van der Waals surface area contributed by atoms with Crippen LogP contribution in [0.1, 0.15) is 5.56 Å². The summed E-state index contributed by atoms with van der Waals surface area (Å²) in [6, 6.07) is 4.30. The summed E-state index contributed by atoms with van der Waals surface area (Å²) in [5.74, 6) is -0.384. The van der Waals surface area contributed by atoms with Crippen molar-refractivity contribution in [3.8, 4) is 22.5 Å². The molecule has 9 heteroatoms.